The Balaban J connectivity index is 2.64. The number of nitrogens with two attached hydrogens (primary N) is 2. The van der Waals surface area contributed by atoms with Crippen LogP contribution in [0.2, 0.25) is 0 Å². The first kappa shape index (κ1) is 13.1. The fraction of sp³-hybridized carbons (Fsp3) is 0.556. The van der Waals surface area contributed by atoms with Crippen LogP contribution in [0.3, 0.4) is 0 Å². The van der Waals surface area contributed by atoms with Gasteiger partial charge in [-0.1, -0.05) is 12.1 Å². The molecule has 0 aliphatic heterocycles. The van der Waals surface area contributed by atoms with Crippen molar-refractivity contribution in [3.8, 4) is 0 Å². The van der Waals surface area contributed by atoms with E-state index in [0.717, 1.165) is 0 Å². The molecule has 1 heterocycles. The van der Waals surface area contributed by atoms with E-state index in [1.807, 2.05) is 6.92 Å². The number of primary amides is 1. The number of nitrogens with one attached hydrogen (secondary N) is 1. The number of rotatable bonds is 6. The molecule has 1 unspecified atom stereocenters. The summed E-state index contributed by atoms with van der Waals surface area (Å²) in [5.41, 5.74) is 10.9. The van der Waals surface area contributed by atoms with Gasteiger partial charge in [0.2, 0.25) is 11.8 Å². The number of amides is 2. The third-order valence-electron chi connectivity index (χ3n) is 2.24. The smallest absolute Gasteiger partial charge is 0.242 e. The SMILES string of the molecule is CCC(C(N)=O)n1cc(CNC(=O)CN)nn1. The zero-order valence-corrected chi connectivity index (χ0v) is 9.59. The van der Waals surface area contributed by atoms with E-state index >= 15 is 0 Å². The van der Waals surface area contributed by atoms with Gasteiger partial charge in [-0.2, -0.15) is 0 Å². The van der Waals surface area contributed by atoms with E-state index in [0.29, 0.717) is 12.1 Å². The molecule has 1 aromatic rings. The number of carbonyl (C=O) groups excluding carboxylic acids is 2. The third-order valence-corrected chi connectivity index (χ3v) is 2.24. The Morgan fingerprint density at radius 1 is 1.59 bits per heavy atom. The molecule has 2 amide bonds. The molecule has 0 spiro atoms. The zero-order valence-electron chi connectivity index (χ0n) is 9.59. The van der Waals surface area contributed by atoms with Gasteiger partial charge in [-0.3, -0.25) is 9.59 Å². The van der Waals surface area contributed by atoms with E-state index in [2.05, 4.69) is 15.6 Å². The van der Waals surface area contributed by atoms with Crippen LogP contribution in [0.15, 0.2) is 6.20 Å². The van der Waals surface area contributed by atoms with Gasteiger partial charge < -0.3 is 16.8 Å². The molecular formula is C9H16N6O2. The second-order valence-corrected chi connectivity index (χ2v) is 3.50. The maximum absolute atomic E-state index is 11.1. The van der Waals surface area contributed by atoms with Crippen LogP contribution in [0.25, 0.3) is 0 Å². The summed E-state index contributed by atoms with van der Waals surface area (Å²) in [7, 11) is 0. The fourth-order valence-electron chi connectivity index (χ4n) is 1.33. The van der Waals surface area contributed by atoms with Crippen molar-refractivity contribution in [2.24, 2.45) is 11.5 Å². The van der Waals surface area contributed by atoms with Gasteiger partial charge >= 0.3 is 0 Å². The van der Waals surface area contributed by atoms with Crippen molar-refractivity contribution in [2.75, 3.05) is 6.54 Å². The van der Waals surface area contributed by atoms with Gasteiger partial charge in [0.1, 0.15) is 11.7 Å². The van der Waals surface area contributed by atoms with Crippen LogP contribution >= 0.6 is 0 Å². The Morgan fingerprint density at radius 3 is 2.82 bits per heavy atom. The largest absolute Gasteiger partial charge is 0.368 e. The molecule has 1 rings (SSSR count). The number of nitrogens with zero attached hydrogens (tertiary/aromatic N) is 3. The van der Waals surface area contributed by atoms with Gasteiger partial charge in [0, 0.05) is 0 Å². The van der Waals surface area contributed by atoms with Crippen LogP contribution in [-0.2, 0) is 16.1 Å². The molecule has 5 N–H and O–H groups in total. The first-order chi connectivity index (χ1) is 8.08. The molecule has 1 atom stereocenters. The van der Waals surface area contributed by atoms with Crippen LogP contribution in [0, 0.1) is 0 Å². The Bertz CT molecular complexity index is 402. The molecule has 0 bridgehead atoms. The van der Waals surface area contributed by atoms with Gasteiger partial charge in [-0.05, 0) is 6.42 Å². The quantitative estimate of drug-likeness (QED) is 0.545. The monoisotopic (exact) mass is 240 g/mol. The molecule has 1 aromatic heterocycles. The molecule has 0 saturated heterocycles. The minimum Gasteiger partial charge on any atom is -0.368 e. The van der Waals surface area contributed by atoms with Gasteiger partial charge in [-0.15, -0.1) is 5.10 Å². The number of hydrogen-bond donors (Lipinski definition) is 3. The first-order valence-corrected chi connectivity index (χ1v) is 5.25. The normalized spacial score (nSPS) is 12.1. The Labute approximate surface area is 98.3 Å². The summed E-state index contributed by atoms with van der Waals surface area (Å²) in [6.07, 6.45) is 2.11. The highest BCUT2D eigenvalue weighted by atomic mass is 16.2. The lowest BCUT2D eigenvalue weighted by Gasteiger charge is -2.09. The topological polar surface area (TPSA) is 129 Å². The fourth-order valence-corrected chi connectivity index (χ4v) is 1.33. The minimum atomic E-state index is -0.513. The van der Waals surface area contributed by atoms with Crippen molar-refractivity contribution in [1.29, 1.82) is 0 Å². The van der Waals surface area contributed by atoms with Gasteiger partial charge in [-0.25, -0.2) is 4.68 Å². The summed E-state index contributed by atoms with van der Waals surface area (Å²) < 4.78 is 1.40. The Hall–Kier alpha value is -1.96. The first-order valence-electron chi connectivity index (χ1n) is 5.25. The highest BCUT2D eigenvalue weighted by molar-refractivity contribution is 5.78. The second-order valence-electron chi connectivity index (χ2n) is 3.50. The van der Waals surface area contributed by atoms with Gasteiger partial charge in [0.25, 0.3) is 0 Å². The van der Waals surface area contributed by atoms with Crippen LogP contribution in [0.4, 0.5) is 0 Å². The lowest BCUT2D eigenvalue weighted by atomic mass is 10.2. The Morgan fingerprint density at radius 2 is 2.29 bits per heavy atom. The number of hydrogen-bond acceptors (Lipinski definition) is 5. The second kappa shape index (κ2) is 5.94. The minimum absolute atomic E-state index is 0.0764. The summed E-state index contributed by atoms with van der Waals surface area (Å²) in [5, 5.41) is 10.2. The van der Waals surface area contributed by atoms with Crippen molar-refractivity contribution >= 4 is 11.8 Å². The lowest BCUT2D eigenvalue weighted by Crippen LogP contribution is -2.29. The summed E-state index contributed by atoms with van der Waals surface area (Å²) in [4.78, 5) is 22.0. The van der Waals surface area contributed by atoms with Gasteiger partial charge in [0.05, 0.1) is 19.3 Å². The van der Waals surface area contributed by atoms with Crippen molar-refractivity contribution < 1.29 is 9.59 Å². The summed E-state index contributed by atoms with van der Waals surface area (Å²) in [5.74, 6) is -0.739. The van der Waals surface area contributed by atoms with E-state index < -0.39 is 11.9 Å². The Kier molecular flexibility index (Phi) is 4.58. The maximum Gasteiger partial charge on any atom is 0.242 e. The maximum atomic E-state index is 11.1. The van der Waals surface area contributed by atoms with E-state index in [-0.39, 0.29) is 19.0 Å². The summed E-state index contributed by atoms with van der Waals surface area (Å²) in [6.45, 7) is 1.98. The summed E-state index contributed by atoms with van der Waals surface area (Å²) in [6, 6.07) is -0.513. The predicted octanol–water partition coefficient (Wildman–Crippen LogP) is -1.71. The standard InChI is InChI=1S/C9H16N6O2/c1-2-7(9(11)17)15-5-6(13-14-15)4-12-8(16)3-10/h5,7H,2-4,10H2,1H3,(H2,11,17)(H,12,16). The van der Waals surface area contributed by atoms with Crippen molar-refractivity contribution in [3.05, 3.63) is 11.9 Å². The zero-order chi connectivity index (χ0) is 12.8. The number of carbonyl (C=O) groups is 2. The molecule has 0 fully saturated rings. The third kappa shape index (κ3) is 3.52. The van der Waals surface area contributed by atoms with Crippen LogP contribution in [0.5, 0.6) is 0 Å². The van der Waals surface area contributed by atoms with E-state index in [9.17, 15) is 9.59 Å². The molecule has 94 valence electrons. The van der Waals surface area contributed by atoms with E-state index in [4.69, 9.17) is 11.5 Å². The molecule has 8 nitrogen and oxygen atoms in total. The molecule has 0 saturated carbocycles. The predicted molar refractivity (Wildman–Crippen MR) is 59.4 cm³/mol. The molecule has 0 radical (unpaired) electrons. The molecule has 0 aromatic carbocycles. The van der Waals surface area contributed by atoms with Crippen LogP contribution < -0.4 is 16.8 Å². The molecular weight excluding hydrogens is 224 g/mol. The van der Waals surface area contributed by atoms with E-state index in [1.54, 1.807) is 6.20 Å². The average Bonchev–Trinajstić information content (AvgIpc) is 2.75. The molecule has 0 aliphatic rings. The number of aromatic nitrogens is 3. The van der Waals surface area contributed by atoms with Crippen LogP contribution in [0.1, 0.15) is 25.1 Å². The average molecular weight is 240 g/mol. The molecule has 0 aliphatic carbocycles. The molecule has 17 heavy (non-hydrogen) atoms. The molecule has 8 heteroatoms. The summed E-state index contributed by atoms with van der Waals surface area (Å²) >= 11 is 0. The highest BCUT2D eigenvalue weighted by Crippen LogP contribution is 2.08. The van der Waals surface area contributed by atoms with Crippen molar-refractivity contribution in [3.63, 3.8) is 0 Å². The lowest BCUT2D eigenvalue weighted by molar-refractivity contribution is -0.121. The van der Waals surface area contributed by atoms with Gasteiger partial charge in [0.15, 0.2) is 0 Å². The van der Waals surface area contributed by atoms with Crippen molar-refractivity contribution in [2.45, 2.75) is 25.9 Å². The van der Waals surface area contributed by atoms with Crippen LogP contribution in [-0.4, -0.2) is 33.4 Å². The van der Waals surface area contributed by atoms with Crippen molar-refractivity contribution in [1.82, 2.24) is 20.3 Å². The highest BCUT2D eigenvalue weighted by Gasteiger charge is 2.16. The van der Waals surface area contributed by atoms with E-state index in [1.165, 1.54) is 4.68 Å².